The first-order valence-corrected chi connectivity index (χ1v) is 6.76. The molecule has 0 aliphatic rings. The highest BCUT2D eigenvalue weighted by Gasteiger charge is 2.24. The smallest absolute Gasteiger partial charge is 0.124 e. The minimum absolute atomic E-state index is 0.104. The lowest BCUT2D eigenvalue weighted by Crippen LogP contribution is -2.29. The Morgan fingerprint density at radius 1 is 1.10 bits per heavy atom. The van der Waals surface area contributed by atoms with E-state index in [0.717, 1.165) is 16.9 Å². The van der Waals surface area contributed by atoms with Crippen LogP contribution in [0.1, 0.15) is 31.0 Å². The maximum Gasteiger partial charge on any atom is 0.124 e. The van der Waals surface area contributed by atoms with E-state index in [4.69, 9.17) is 10.5 Å². The van der Waals surface area contributed by atoms with Gasteiger partial charge in [0, 0.05) is 11.6 Å². The summed E-state index contributed by atoms with van der Waals surface area (Å²) in [5.41, 5.74) is 6.66. The van der Waals surface area contributed by atoms with E-state index >= 15 is 0 Å². The number of rotatable bonds is 5. The molecule has 3 N–H and O–H groups in total. The molecule has 20 heavy (non-hydrogen) atoms. The number of ether oxygens (including phenoxy) is 1. The van der Waals surface area contributed by atoms with Crippen LogP contribution in [0.2, 0.25) is 0 Å². The zero-order valence-corrected chi connectivity index (χ0v) is 11.9. The lowest BCUT2D eigenvalue weighted by molar-refractivity contribution is 0.00722. The van der Waals surface area contributed by atoms with Crippen molar-refractivity contribution in [3.05, 3.63) is 65.7 Å². The molecule has 2 unspecified atom stereocenters. The Morgan fingerprint density at radius 3 is 2.35 bits per heavy atom. The van der Waals surface area contributed by atoms with Gasteiger partial charge >= 0.3 is 0 Å². The fraction of sp³-hybridized carbons (Fsp3) is 0.294. The van der Waals surface area contributed by atoms with Crippen molar-refractivity contribution in [1.29, 1.82) is 0 Å². The average molecular weight is 271 g/mol. The molecule has 3 heteroatoms. The Balaban J connectivity index is 2.13. The molecule has 106 valence electrons. The Bertz CT molecular complexity index is 550. The normalized spacial score (nSPS) is 15.4. The number of hydrogen-bond acceptors (Lipinski definition) is 3. The second-order valence-electron chi connectivity index (χ2n) is 5.26. The highest BCUT2D eigenvalue weighted by molar-refractivity contribution is 5.35. The third kappa shape index (κ3) is 3.38. The van der Waals surface area contributed by atoms with Crippen molar-refractivity contribution in [2.45, 2.75) is 25.5 Å². The van der Waals surface area contributed by atoms with Gasteiger partial charge in [0.15, 0.2) is 0 Å². The lowest BCUT2D eigenvalue weighted by atomic mass is 9.97. The van der Waals surface area contributed by atoms with Gasteiger partial charge in [0.25, 0.3) is 0 Å². The molecule has 0 amide bonds. The SMILES string of the molecule is CC(N)c1ccccc1OCC(C)(O)c1ccccc1. The molecule has 0 bridgehead atoms. The maximum atomic E-state index is 10.5. The number of hydrogen-bond donors (Lipinski definition) is 2. The monoisotopic (exact) mass is 271 g/mol. The Kier molecular flexibility index (Phi) is 4.42. The second-order valence-corrected chi connectivity index (χ2v) is 5.26. The Labute approximate surface area is 120 Å². The van der Waals surface area contributed by atoms with E-state index in [2.05, 4.69) is 0 Å². The summed E-state index contributed by atoms with van der Waals surface area (Å²) in [5.74, 6) is 0.721. The van der Waals surface area contributed by atoms with Crippen LogP contribution in [0.5, 0.6) is 5.75 Å². The van der Waals surface area contributed by atoms with Crippen LogP contribution in [-0.4, -0.2) is 11.7 Å². The standard InChI is InChI=1S/C17H21NO2/c1-13(18)15-10-6-7-11-16(15)20-12-17(2,19)14-8-4-3-5-9-14/h3-11,13,19H,12,18H2,1-2H3. The van der Waals surface area contributed by atoms with E-state index in [-0.39, 0.29) is 12.6 Å². The molecular weight excluding hydrogens is 250 g/mol. The van der Waals surface area contributed by atoms with Gasteiger partial charge < -0.3 is 15.6 Å². The molecule has 2 rings (SSSR count). The van der Waals surface area contributed by atoms with Crippen molar-refractivity contribution in [1.82, 2.24) is 0 Å². The predicted octanol–water partition coefficient (Wildman–Crippen LogP) is 2.99. The van der Waals surface area contributed by atoms with Gasteiger partial charge in [-0.2, -0.15) is 0 Å². The topological polar surface area (TPSA) is 55.5 Å². The molecule has 0 fully saturated rings. The van der Waals surface area contributed by atoms with Crippen molar-refractivity contribution in [2.75, 3.05) is 6.61 Å². The van der Waals surface area contributed by atoms with E-state index in [1.54, 1.807) is 6.92 Å². The van der Waals surface area contributed by atoms with Crippen LogP contribution in [0, 0.1) is 0 Å². The summed E-state index contributed by atoms with van der Waals surface area (Å²) >= 11 is 0. The average Bonchev–Trinajstić information content (AvgIpc) is 2.46. The van der Waals surface area contributed by atoms with Gasteiger partial charge in [-0.15, -0.1) is 0 Å². The van der Waals surface area contributed by atoms with E-state index in [1.165, 1.54) is 0 Å². The number of aliphatic hydroxyl groups is 1. The van der Waals surface area contributed by atoms with Crippen molar-refractivity contribution < 1.29 is 9.84 Å². The molecule has 2 atom stereocenters. The number of para-hydroxylation sites is 1. The molecule has 0 saturated heterocycles. The molecule has 0 aliphatic carbocycles. The third-order valence-electron chi connectivity index (χ3n) is 3.31. The molecule has 0 aromatic heterocycles. The fourth-order valence-corrected chi connectivity index (χ4v) is 2.09. The van der Waals surface area contributed by atoms with Crippen LogP contribution in [0.3, 0.4) is 0 Å². The summed E-state index contributed by atoms with van der Waals surface area (Å²) in [6.45, 7) is 3.84. The van der Waals surface area contributed by atoms with Gasteiger partial charge in [-0.3, -0.25) is 0 Å². The van der Waals surface area contributed by atoms with Crippen molar-refractivity contribution in [2.24, 2.45) is 5.73 Å². The molecule has 2 aromatic carbocycles. The second kappa shape index (κ2) is 6.07. The van der Waals surface area contributed by atoms with Crippen LogP contribution in [-0.2, 0) is 5.60 Å². The summed E-state index contributed by atoms with van der Waals surface area (Å²) in [5, 5.41) is 10.5. The molecule has 0 saturated carbocycles. The van der Waals surface area contributed by atoms with Gasteiger partial charge in [-0.05, 0) is 25.5 Å². The zero-order valence-electron chi connectivity index (χ0n) is 11.9. The Morgan fingerprint density at radius 2 is 1.70 bits per heavy atom. The zero-order chi connectivity index (χ0) is 14.6. The van der Waals surface area contributed by atoms with Crippen molar-refractivity contribution in [3.8, 4) is 5.75 Å². The van der Waals surface area contributed by atoms with Crippen LogP contribution < -0.4 is 10.5 Å². The van der Waals surface area contributed by atoms with E-state index in [0.29, 0.717) is 0 Å². The number of nitrogens with two attached hydrogens (primary N) is 1. The summed E-state index contributed by atoms with van der Waals surface area (Å²) < 4.78 is 5.79. The highest BCUT2D eigenvalue weighted by atomic mass is 16.5. The minimum atomic E-state index is -1.04. The molecule has 0 heterocycles. The quantitative estimate of drug-likeness (QED) is 0.879. The molecular formula is C17H21NO2. The maximum absolute atomic E-state index is 10.5. The van der Waals surface area contributed by atoms with Crippen LogP contribution in [0.15, 0.2) is 54.6 Å². The molecule has 2 aromatic rings. The van der Waals surface area contributed by atoms with Crippen LogP contribution in [0.25, 0.3) is 0 Å². The fourth-order valence-electron chi connectivity index (χ4n) is 2.09. The van der Waals surface area contributed by atoms with Gasteiger partial charge in [-0.25, -0.2) is 0 Å². The van der Waals surface area contributed by atoms with E-state index in [1.807, 2.05) is 61.5 Å². The minimum Gasteiger partial charge on any atom is -0.490 e. The first kappa shape index (κ1) is 14.6. The lowest BCUT2D eigenvalue weighted by Gasteiger charge is -2.25. The van der Waals surface area contributed by atoms with Gasteiger partial charge in [0.05, 0.1) is 0 Å². The summed E-state index contributed by atoms with van der Waals surface area (Å²) in [6, 6.07) is 17.1. The summed E-state index contributed by atoms with van der Waals surface area (Å²) in [7, 11) is 0. The van der Waals surface area contributed by atoms with Crippen LogP contribution in [0.4, 0.5) is 0 Å². The molecule has 0 spiro atoms. The Hall–Kier alpha value is -1.84. The number of benzene rings is 2. The van der Waals surface area contributed by atoms with Gasteiger partial charge in [0.1, 0.15) is 18.0 Å². The summed E-state index contributed by atoms with van der Waals surface area (Å²) in [4.78, 5) is 0. The molecule has 0 aliphatic heterocycles. The molecule has 0 radical (unpaired) electrons. The van der Waals surface area contributed by atoms with Gasteiger partial charge in [-0.1, -0.05) is 48.5 Å². The first-order valence-electron chi connectivity index (χ1n) is 6.76. The third-order valence-corrected chi connectivity index (χ3v) is 3.31. The van der Waals surface area contributed by atoms with Crippen molar-refractivity contribution >= 4 is 0 Å². The highest BCUT2D eigenvalue weighted by Crippen LogP contribution is 2.26. The predicted molar refractivity (Wildman–Crippen MR) is 80.6 cm³/mol. The van der Waals surface area contributed by atoms with Gasteiger partial charge in [0.2, 0.25) is 0 Å². The van der Waals surface area contributed by atoms with Crippen LogP contribution >= 0.6 is 0 Å². The first-order chi connectivity index (χ1) is 9.50. The van der Waals surface area contributed by atoms with Crippen molar-refractivity contribution in [3.63, 3.8) is 0 Å². The van der Waals surface area contributed by atoms with E-state index < -0.39 is 5.60 Å². The molecule has 3 nitrogen and oxygen atoms in total. The van der Waals surface area contributed by atoms with E-state index in [9.17, 15) is 5.11 Å². The largest absolute Gasteiger partial charge is 0.490 e. The summed E-state index contributed by atoms with van der Waals surface area (Å²) in [6.07, 6.45) is 0.